The number of aliphatic hydroxyl groups excluding tert-OH is 1. The number of aryl methyl sites for hydroxylation is 1. The van der Waals surface area contributed by atoms with Crippen molar-refractivity contribution in [2.75, 3.05) is 58.2 Å². The molecule has 2 aromatic heterocycles. The number of rotatable bonds is 12. The molecule has 4 rings (SSSR count). The fourth-order valence-electron chi connectivity index (χ4n) is 4.71. The number of methoxy groups -OCH3 is 1. The maximum Gasteiger partial charge on any atom is 0.248 e. The number of nitrogens with zero attached hydrogens (tertiary/aromatic N) is 5. The summed E-state index contributed by atoms with van der Waals surface area (Å²) in [5, 5.41) is 13.2. The van der Waals surface area contributed by atoms with Crippen LogP contribution < -0.4 is 15.0 Å². The Hall–Kier alpha value is -4.21. The van der Waals surface area contributed by atoms with Crippen LogP contribution in [0.25, 0.3) is 22.2 Å². The van der Waals surface area contributed by atoms with E-state index in [9.17, 15) is 4.79 Å². The first-order chi connectivity index (χ1) is 19.3. The van der Waals surface area contributed by atoms with Crippen LogP contribution in [0.1, 0.15) is 17.8 Å². The van der Waals surface area contributed by atoms with Crippen molar-refractivity contribution in [1.29, 1.82) is 0 Å². The molecule has 9 nitrogen and oxygen atoms in total. The lowest BCUT2D eigenvalue weighted by Crippen LogP contribution is -2.21. The van der Waals surface area contributed by atoms with Crippen LogP contribution in [0, 0.1) is 0 Å². The van der Waals surface area contributed by atoms with E-state index in [1.807, 2.05) is 74.4 Å². The summed E-state index contributed by atoms with van der Waals surface area (Å²) in [6.07, 6.45) is 8.37. The lowest BCUT2D eigenvalue weighted by molar-refractivity contribution is -0.111. The molecule has 0 bridgehead atoms. The third kappa shape index (κ3) is 6.86. The fourth-order valence-corrected chi connectivity index (χ4v) is 4.71. The average Bonchev–Trinajstić information content (AvgIpc) is 3.28. The molecule has 0 aliphatic rings. The molecule has 210 valence electrons. The van der Waals surface area contributed by atoms with Crippen molar-refractivity contribution in [3.8, 4) is 17.0 Å². The van der Waals surface area contributed by atoms with Gasteiger partial charge in [0, 0.05) is 93.8 Å². The minimum absolute atomic E-state index is 0.153. The monoisotopic (exact) mass is 542 g/mol. The Bertz CT molecular complexity index is 1490. The number of likely N-dealkylation sites (N-methyl/N-ethyl adjacent to an activating group) is 1. The number of hydrogen-bond donors (Lipinski definition) is 2. The number of aromatic nitrogens is 3. The lowest BCUT2D eigenvalue weighted by atomic mass is 10.1. The van der Waals surface area contributed by atoms with E-state index in [2.05, 4.69) is 33.2 Å². The molecular weight excluding hydrogens is 504 g/mol. The molecule has 2 aromatic carbocycles. The van der Waals surface area contributed by atoms with Gasteiger partial charge in [0.1, 0.15) is 11.6 Å². The number of amides is 1. The minimum Gasteiger partial charge on any atom is -0.496 e. The number of hydrogen-bond acceptors (Lipinski definition) is 7. The van der Waals surface area contributed by atoms with E-state index in [4.69, 9.17) is 14.8 Å². The van der Waals surface area contributed by atoms with E-state index in [1.54, 1.807) is 13.3 Å². The van der Waals surface area contributed by atoms with Gasteiger partial charge in [0.25, 0.3) is 0 Å². The first-order valence-electron chi connectivity index (χ1n) is 13.3. The van der Waals surface area contributed by atoms with Crippen molar-refractivity contribution in [2.45, 2.75) is 12.8 Å². The summed E-state index contributed by atoms with van der Waals surface area (Å²) in [6.45, 7) is 1.53. The predicted molar refractivity (Wildman–Crippen MR) is 161 cm³/mol. The predicted octanol–water partition coefficient (Wildman–Crippen LogP) is 4.11. The molecule has 4 aromatic rings. The summed E-state index contributed by atoms with van der Waals surface area (Å²) in [6, 6.07) is 14.0. The standard InChI is InChI=1S/C31H38N6O3/c1-35(2)28-20-29(40-5)22(18-26(28)34-31(39)12-8-15-36(3)16-9-17-38)19-30-32-14-13-25(33-30)24-21-37(4)27-11-7-6-10-23(24)27/h6-8,10-14,18,20-21,38H,9,15-17,19H2,1-5H3,(H,34,39)/b12-8+. The Morgan fingerprint density at radius 1 is 1.18 bits per heavy atom. The van der Waals surface area contributed by atoms with Gasteiger partial charge < -0.3 is 29.5 Å². The Balaban J connectivity index is 1.59. The van der Waals surface area contributed by atoms with Gasteiger partial charge in [-0.15, -0.1) is 0 Å². The lowest BCUT2D eigenvalue weighted by Gasteiger charge is -2.21. The summed E-state index contributed by atoms with van der Waals surface area (Å²) in [4.78, 5) is 26.2. The van der Waals surface area contributed by atoms with Crippen molar-refractivity contribution >= 4 is 28.2 Å². The number of fused-ring (bicyclic) bond motifs is 1. The Labute approximate surface area is 235 Å². The normalized spacial score (nSPS) is 11.5. The Morgan fingerprint density at radius 2 is 1.98 bits per heavy atom. The SMILES string of the molecule is COc1cc(N(C)C)c(NC(=O)/C=C/CN(C)CCCO)cc1Cc1nccc(-c2cn(C)c3ccccc23)n1. The topological polar surface area (TPSA) is 95.8 Å². The van der Waals surface area contributed by atoms with E-state index in [1.165, 1.54) is 6.08 Å². The minimum atomic E-state index is -0.219. The zero-order chi connectivity index (χ0) is 28.6. The summed E-state index contributed by atoms with van der Waals surface area (Å²) < 4.78 is 7.84. The van der Waals surface area contributed by atoms with Crippen molar-refractivity contribution < 1.29 is 14.6 Å². The van der Waals surface area contributed by atoms with Crippen molar-refractivity contribution in [2.24, 2.45) is 7.05 Å². The average molecular weight is 543 g/mol. The van der Waals surface area contributed by atoms with Crippen LogP contribution in [0.2, 0.25) is 0 Å². The Morgan fingerprint density at radius 3 is 2.73 bits per heavy atom. The molecule has 0 aliphatic carbocycles. The van der Waals surface area contributed by atoms with Crippen LogP contribution in [0.3, 0.4) is 0 Å². The van der Waals surface area contributed by atoms with Crippen LogP contribution in [-0.2, 0) is 18.3 Å². The largest absolute Gasteiger partial charge is 0.496 e. The number of nitrogens with one attached hydrogen (secondary N) is 1. The zero-order valence-electron chi connectivity index (χ0n) is 23.9. The van der Waals surface area contributed by atoms with Crippen LogP contribution in [0.5, 0.6) is 5.75 Å². The van der Waals surface area contributed by atoms with Gasteiger partial charge in [0.05, 0.1) is 24.2 Å². The van der Waals surface area contributed by atoms with Gasteiger partial charge >= 0.3 is 0 Å². The van der Waals surface area contributed by atoms with Gasteiger partial charge in [-0.25, -0.2) is 9.97 Å². The highest BCUT2D eigenvalue weighted by atomic mass is 16.5. The second-order valence-electron chi connectivity index (χ2n) is 10.0. The van der Waals surface area contributed by atoms with Crippen LogP contribution >= 0.6 is 0 Å². The molecule has 2 N–H and O–H groups in total. The van der Waals surface area contributed by atoms with Gasteiger partial charge in [-0.05, 0) is 31.7 Å². The molecule has 0 radical (unpaired) electrons. The first kappa shape index (κ1) is 28.8. The Kier molecular flexibility index (Phi) is 9.52. The number of para-hydroxylation sites is 1. The zero-order valence-corrected chi connectivity index (χ0v) is 23.9. The quantitative estimate of drug-likeness (QED) is 0.260. The number of ether oxygens (including phenoxy) is 1. The van der Waals surface area contributed by atoms with Crippen molar-refractivity contribution in [3.05, 3.63) is 78.4 Å². The molecule has 1 amide bonds. The molecule has 0 saturated carbocycles. The van der Waals surface area contributed by atoms with Crippen molar-refractivity contribution in [1.82, 2.24) is 19.4 Å². The van der Waals surface area contributed by atoms with E-state index < -0.39 is 0 Å². The van der Waals surface area contributed by atoms with Crippen molar-refractivity contribution in [3.63, 3.8) is 0 Å². The molecule has 0 aliphatic heterocycles. The van der Waals surface area contributed by atoms with Crippen LogP contribution in [0.4, 0.5) is 11.4 Å². The number of aliphatic hydroxyl groups is 1. The highest BCUT2D eigenvalue weighted by Crippen LogP contribution is 2.34. The smallest absolute Gasteiger partial charge is 0.248 e. The van der Waals surface area contributed by atoms with Gasteiger partial charge in [-0.1, -0.05) is 24.3 Å². The molecule has 0 fully saturated rings. The van der Waals surface area contributed by atoms with Crippen LogP contribution in [0.15, 0.2) is 67.0 Å². The molecule has 0 spiro atoms. The maximum atomic E-state index is 12.8. The third-order valence-electron chi connectivity index (χ3n) is 6.75. The highest BCUT2D eigenvalue weighted by molar-refractivity contribution is 6.02. The highest BCUT2D eigenvalue weighted by Gasteiger charge is 2.16. The molecular formula is C31H38N6O3. The molecule has 0 unspecified atom stereocenters. The van der Waals surface area contributed by atoms with Gasteiger partial charge in [0.15, 0.2) is 0 Å². The first-order valence-corrected chi connectivity index (χ1v) is 13.3. The van der Waals surface area contributed by atoms with E-state index in [0.717, 1.165) is 40.0 Å². The van der Waals surface area contributed by atoms with E-state index >= 15 is 0 Å². The molecule has 0 saturated heterocycles. The number of carbonyl (C=O) groups is 1. The molecule has 40 heavy (non-hydrogen) atoms. The summed E-state index contributed by atoms with van der Waals surface area (Å²) >= 11 is 0. The van der Waals surface area contributed by atoms with Gasteiger partial charge in [-0.3, -0.25) is 4.79 Å². The summed E-state index contributed by atoms with van der Waals surface area (Å²) in [5.41, 5.74) is 5.42. The summed E-state index contributed by atoms with van der Waals surface area (Å²) in [5.74, 6) is 1.13. The van der Waals surface area contributed by atoms with Gasteiger partial charge in [-0.2, -0.15) is 0 Å². The summed E-state index contributed by atoms with van der Waals surface area (Å²) in [7, 11) is 9.47. The molecule has 2 heterocycles. The second kappa shape index (κ2) is 13.2. The maximum absolute atomic E-state index is 12.8. The second-order valence-corrected chi connectivity index (χ2v) is 10.0. The number of benzene rings is 2. The van der Waals surface area contributed by atoms with Gasteiger partial charge in [0.2, 0.25) is 5.91 Å². The molecule has 9 heteroatoms. The molecule has 0 atom stereocenters. The van der Waals surface area contributed by atoms with E-state index in [0.29, 0.717) is 36.6 Å². The third-order valence-corrected chi connectivity index (χ3v) is 6.75. The number of anilines is 2. The number of carbonyl (C=O) groups excluding carboxylic acids is 1. The van der Waals surface area contributed by atoms with E-state index in [-0.39, 0.29) is 12.5 Å². The van der Waals surface area contributed by atoms with Crippen LogP contribution in [-0.4, -0.2) is 78.4 Å². The fraction of sp³-hybridized carbons (Fsp3) is 0.323.